The molecule has 2 amide bonds. The van der Waals surface area contributed by atoms with Gasteiger partial charge in [-0.3, -0.25) is 14.5 Å². The third-order valence-corrected chi connectivity index (χ3v) is 6.33. The van der Waals surface area contributed by atoms with E-state index in [-0.39, 0.29) is 24.2 Å². The van der Waals surface area contributed by atoms with Gasteiger partial charge in [-0.1, -0.05) is 29.4 Å². The molecule has 1 saturated heterocycles. The zero-order chi connectivity index (χ0) is 23.5. The summed E-state index contributed by atoms with van der Waals surface area (Å²) in [5.74, 6) is 1.46. The number of hydrogen-bond donors (Lipinski definition) is 1. The van der Waals surface area contributed by atoms with E-state index in [1.54, 1.807) is 33.9 Å². The molecular formula is C23H23N7O3S. The maximum Gasteiger partial charge on any atom is 0.293 e. The van der Waals surface area contributed by atoms with Crippen LogP contribution in [0.1, 0.15) is 16.4 Å². The number of piperazine rings is 1. The molecule has 0 saturated carbocycles. The average Bonchev–Trinajstić information content (AvgIpc) is 3.61. The number of rotatable bonds is 6. The molecule has 0 bridgehead atoms. The Kier molecular flexibility index (Phi) is 6.19. The van der Waals surface area contributed by atoms with E-state index in [0.717, 1.165) is 10.6 Å². The topological polar surface area (TPSA) is 109 Å². The van der Waals surface area contributed by atoms with Gasteiger partial charge in [-0.05, 0) is 30.5 Å². The van der Waals surface area contributed by atoms with E-state index >= 15 is 0 Å². The number of benzene rings is 1. The molecule has 4 aromatic rings. The van der Waals surface area contributed by atoms with Gasteiger partial charge in [-0.2, -0.15) is 0 Å². The van der Waals surface area contributed by atoms with Crippen molar-refractivity contribution >= 4 is 29.0 Å². The average molecular weight is 478 g/mol. The Morgan fingerprint density at radius 3 is 2.56 bits per heavy atom. The van der Waals surface area contributed by atoms with Crippen LogP contribution in [0.2, 0.25) is 0 Å². The summed E-state index contributed by atoms with van der Waals surface area (Å²) in [5.41, 5.74) is 0.843. The molecule has 174 valence electrons. The predicted molar refractivity (Wildman–Crippen MR) is 127 cm³/mol. The standard InChI is InChI=1S/C23H23N7O3S/c1-16-14-19(27-33-16)24-20(31)15-28-9-11-29(12-10-28)23(32)21-25-22(18-8-5-13-34-18)30(26-21)17-6-3-2-4-7-17/h2-8,13-14H,9-12,15H2,1H3,(H,24,27,31). The lowest BCUT2D eigenvalue weighted by molar-refractivity contribution is -0.117. The Hall–Kier alpha value is -3.83. The SMILES string of the molecule is Cc1cc(NC(=O)CN2CCN(C(=O)c3nc(-c4cccs4)n(-c4ccccc4)n3)CC2)no1. The molecule has 11 heteroatoms. The molecule has 34 heavy (non-hydrogen) atoms. The predicted octanol–water partition coefficient (Wildman–Crippen LogP) is 2.69. The summed E-state index contributed by atoms with van der Waals surface area (Å²) in [5, 5.41) is 13.0. The van der Waals surface area contributed by atoms with Crippen LogP contribution in [0.15, 0.2) is 58.4 Å². The molecule has 0 radical (unpaired) electrons. The molecule has 1 aromatic carbocycles. The molecule has 4 heterocycles. The number of para-hydroxylation sites is 1. The minimum absolute atomic E-state index is 0.167. The van der Waals surface area contributed by atoms with E-state index in [0.29, 0.717) is 43.6 Å². The van der Waals surface area contributed by atoms with E-state index < -0.39 is 0 Å². The maximum atomic E-state index is 13.2. The molecule has 10 nitrogen and oxygen atoms in total. The zero-order valence-corrected chi connectivity index (χ0v) is 19.4. The van der Waals surface area contributed by atoms with Crippen molar-refractivity contribution in [3.8, 4) is 16.4 Å². The Labute approximate surface area is 199 Å². The summed E-state index contributed by atoms with van der Waals surface area (Å²) in [6.07, 6.45) is 0. The number of thiophene rings is 1. The Balaban J connectivity index is 1.24. The molecule has 5 rings (SSSR count). The first-order valence-corrected chi connectivity index (χ1v) is 11.8. The molecule has 3 aromatic heterocycles. The van der Waals surface area contributed by atoms with Crippen LogP contribution in [0, 0.1) is 6.92 Å². The van der Waals surface area contributed by atoms with Crippen molar-refractivity contribution in [1.29, 1.82) is 0 Å². The number of carbonyl (C=O) groups excluding carboxylic acids is 2. The summed E-state index contributed by atoms with van der Waals surface area (Å²) in [7, 11) is 0. The maximum absolute atomic E-state index is 13.2. The summed E-state index contributed by atoms with van der Waals surface area (Å²) in [4.78, 5) is 34.8. The van der Waals surface area contributed by atoms with Crippen LogP contribution in [-0.2, 0) is 4.79 Å². The van der Waals surface area contributed by atoms with Gasteiger partial charge in [-0.15, -0.1) is 16.4 Å². The van der Waals surface area contributed by atoms with Crippen LogP contribution in [0.4, 0.5) is 5.82 Å². The highest BCUT2D eigenvalue weighted by Crippen LogP contribution is 2.26. The van der Waals surface area contributed by atoms with E-state index in [4.69, 9.17) is 4.52 Å². The zero-order valence-electron chi connectivity index (χ0n) is 18.5. The largest absolute Gasteiger partial charge is 0.360 e. The second-order valence-corrected chi connectivity index (χ2v) is 8.87. The number of aryl methyl sites for hydroxylation is 1. The van der Waals surface area contributed by atoms with Crippen molar-refractivity contribution in [1.82, 2.24) is 29.7 Å². The number of nitrogens with one attached hydrogen (secondary N) is 1. The normalized spacial score (nSPS) is 14.3. The van der Waals surface area contributed by atoms with Crippen LogP contribution in [-0.4, -0.2) is 74.3 Å². The molecule has 1 aliphatic rings. The third kappa shape index (κ3) is 4.75. The highest BCUT2D eigenvalue weighted by molar-refractivity contribution is 7.13. The van der Waals surface area contributed by atoms with Gasteiger partial charge in [0, 0.05) is 32.2 Å². The van der Waals surface area contributed by atoms with Gasteiger partial charge in [0.2, 0.25) is 11.7 Å². The molecule has 0 atom stereocenters. The number of nitrogens with zero attached hydrogens (tertiary/aromatic N) is 6. The summed E-state index contributed by atoms with van der Waals surface area (Å²) < 4.78 is 6.68. The molecule has 1 fully saturated rings. The number of anilines is 1. The lowest BCUT2D eigenvalue weighted by Gasteiger charge is -2.33. The molecule has 0 unspecified atom stereocenters. The van der Waals surface area contributed by atoms with Gasteiger partial charge in [0.1, 0.15) is 5.76 Å². The second kappa shape index (κ2) is 9.57. The quantitative estimate of drug-likeness (QED) is 0.455. The summed E-state index contributed by atoms with van der Waals surface area (Å²) in [6.45, 7) is 4.12. The number of amides is 2. The van der Waals surface area contributed by atoms with Crippen molar-refractivity contribution in [3.05, 3.63) is 65.5 Å². The van der Waals surface area contributed by atoms with Crippen molar-refractivity contribution in [3.63, 3.8) is 0 Å². The molecular weight excluding hydrogens is 454 g/mol. The highest BCUT2D eigenvalue weighted by atomic mass is 32.1. The van der Waals surface area contributed by atoms with Crippen molar-refractivity contribution in [2.75, 3.05) is 38.0 Å². The van der Waals surface area contributed by atoms with Gasteiger partial charge in [0.15, 0.2) is 11.6 Å². The fourth-order valence-electron chi connectivity index (χ4n) is 3.78. The van der Waals surface area contributed by atoms with Crippen LogP contribution in [0.5, 0.6) is 0 Å². The number of carbonyl (C=O) groups is 2. The Morgan fingerprint density at radius 1 is 1.09 bits per heavy atom. The number of aromatic nitrogens is 4. The van der Waals surface area contributed by atoms with Gasteiger partial charge < -0.3 is 14.7 Å². The van der Waals surface area contributed by atoms with Crippen LogP contribution in [0.25, 0.3) is 16.4 Å². The Bertz CT molecular complexity index is 1280. The van der Waals surface area contributed by atoms with Gasteiger partial charge in [0.25, 0.3) is 5.91 Å². The molecule has 0 aliphatic carbocycles. The molecule has 1 N–H and O–H groups in total. The first kappa shape index (κ1) is 22.0. The van der Waals surface area contributed by atoms with Gasteiger partial charge in [-0.25, -0.2) is 9.67 Å². The summed E-state index contributed by atoms with van der Waals surface area (Å²) in [6, 6.07) is 15.2. The fraction of sp³-hybridized carbons (Fsp3) is 0.261. The first-order chi connectivity index (χ1) is 16.6. The molecule has 1 aliphatic heterocycles. The first-order valence-electron chi connectivity index (χ1n) is 10.9. The van der Waals surface area contributed by atoms with E-state index in [9.17, 15) is 9.59 Å². The lowest BCUT2D eigenvalue weighted by atomic mass is 10.3. The van der Waals surface area contributed by atoms with E-state index in [1.807, 2.05) is 52.7 Å². The smallest absolute Gasteiger partial charge is 0.293 e. The van der Waals surface area contributed by atoms with E-state index in [2.05, 4.69) is 20.6 Å². The van der Waals surface area contributed by atoms with Crippen molar-refractivity contribution < 1.29 is 14.1 Å². The van der Waals surface area contributed by atoms with Gasteiger partial charge >= 0.3 is 0 Å². The fourth-order valence-corrected chi connectivity index (χ4v) is 4.48. The molecule has 0 spiro atoms. The van der Waals surface area contributed by atoms with Crippen molar-refractivity contribution in [2.24, 2.45) is 0 Å². The minimum atomic E-state index is -0.213. The van der Waals surface area contributed by atoms with Crippen LogP contribution < -0.4 is 5.32 Å². The van der Waals surface area contributed by atoms with Crippen molar-refractivity contribution in [2.45, 2.75) is 6.92 Å². The summed E-state index contributed by atoms with van der Waals surface area (Å²) >= 11 is 1.55. The third-order valence-electron chi connectivity index (χ3n) is 5.46. The van der Waals surface area contributed by atoms with Crippen LogP contribution in [0.3, 0.4) is 0 Å². The van der Waals surface area contributed by atoms with Crippen LogP contribution >= 0.6 is 11.3 Å². The highest BCUT2D eigenvalue weighted by Gasteiger charge is 2.27. The number of hydrogen-bond acceptors (Lipinski definition) is 8. The Morgan fingerprint density at radius 2 is 1.88 bits per heavy atom. The second-order valence-electron chi connectivity index (χ2n) is 7.92. The minimum Gasteiger partial charge on any atom is -0.360 e. The van der Waals surface area contributed by atoms with E-state index in [1.165, 1.54) is 0 Å². The lowest BCUT2D eigenvalue weighted by Crippen LogP contribution is -2.50. The van der Waals surface area contributed by atoms with Gasteiger partial charge in [0.05, 0.1) is 17.1 Å². The monoisotopic (exact) mass is 477 g/mol.